The number of carbonyl (C=O) groups excluding carboxylic acids is 2. The molecule has 2 aliphatic heterocycles. The first kappa shape index (κ1) is 20.8. The van der Waals surface area contributed by atoms with Gasteiger partial charge in [0.05, 0.1) is 12.2 Å². The lowest BCUT2D eigenvalue weighted by molar-refractivity contribution is -0.123. The van der Waals surface area contributed by atoms with Gasteiger partial charge in [0.2, 0.25) is 0 Å². The van der Waals surface area contributed by atoms with Crippen molar-refractivity contribution in [2.24, 2.45) is 0 Å². The van der Waals surface area contributed by atoms with E-state index in [1.807, 2.05) is 55.1 Å². The molecule has 1 saturated heterocycles. The Bertz CT molecular complexity index is 1000. The molecule has 0 aromatic heterocycles. The number of aryl methyl sites for hydroxylation is 1. The van der Waals surface area contributed by atoms with E-state index < -0.39 is 4.87 Å². The van der Waals surface area contributed by atoms with Gasteiger partial charge in [-0.3, -0.25) is 9.69 Å². The second kappa shape index (κ2) is 7.34. The summed E-state index contributed by atoms with van der Waals surface area (Å²) in [6.07, 6.45) is 0. The minimum atomic E-state index is -1.04. The lowest BCUT2D eigenvalue weighted by Crippen LogP contribution is -2.54. The molecular weight excluding hydrogens is 394 g/mol. The smallest absolute Gasteiger partial charge is 0.319 e. The maximum Gasteiger partial charge on any atom is 0.319 e. The minimum Gasteiger partial charge on any atom is -0.336 e. The highest BCUT2D eigenvalue weighted by Crippen LogP contribution is 2.59. The molecule has 1 atom stereocenters. The molecule has 158 valence electrons. The molecule has 30 heavy (non-hydrogen) atoms. The molecular formula is C24H29N3O2S. The lowest BCUT2D eigenvalue weighted by Gasteiger charge is -2.33. The van der Waals surface area contributed by atoms with Gasteiger partial charge in [0.15, 0.2) is 4.87 Å². The largest absolute Gasteiger partial charge is 0.336 e. The van der Waals surface area contributed by atoms with Crippen molar-refractivity contribution in [3.63, 3.8) is 0 Å². The van der Waals surface area contributed by atoms with Crippen molar-refractivity contribution in [2.45, 2.75) is 56.8 Å². The summed E-state index contributed by atoms with van der Waals surface area (Å²) in [5, 5.41) is 3.00. The number of nitrogens with one attached hydrogen (secondary N) is 1. The summed E-state index contributed by atoms with van der Waals surface area (Å²) in [6.45, 7) is 11.1. The highest BCUT2D eigenvalue weighted by atomic mass is 32.2. The predicted octanol–water partition coefficient (Wildman–Crippen LogP) is 4.64. The number of nitrogens with zero attached hydrogens (tertiary/aromatic N) is 2. The summed E-state index contributed by atoms with van der Waals surface area (Å²) in [7, 11) is 0. The normalized spacial score (nSPS) is 22.1. The zero-order valence-electron chi connectivity index (χ0n) is 18.2. The number of hydrogen-bond donors (Lipinski definition) is 1. The maximum atomic E-state index is 14.1. The Morgan fingerprint density at radius 3 is 2.50 bits per heavy atom. The average molecular weight is 424 g/mol. The summed E-state index contributed by atoms with van der Waals surface area (Å²) in [5.74, 6) is -0.0403. The van der Waals surface area contributed by atoms with Crippen LogP contribution in [-0.2, 0) is 16.2 Å². The summed E-state index contributed by atoms with van der Waals surface area (Å²) in [6, 6.07) is 15.8. The van der Waals surface area contributed by atoms with Gasteiger partial charge >= 0.3 is 6.03 Å². The standard InChI is InChI=1S/C24H29N3O2S/c1-16(2)25-22(29)27-15-23(4,5)30-24(27)19-12-8-9-13-20(19)26(21(24)28)14-18-11-7-6-10-17(18)3/h6-13,16H,14-15H2,1-5H3,(H,25,29)/t24-/m1/s1. The number of rotatable bonds is 3. The molecule has 1 N–H and O–H groups in total. The van der Waals surface area contributed by atoms with Gasteiger partial charge in [0, 0.05) is 22.9 Å². The molecule has 0 saturated carbocycles. The third kappa shape index (κ3) is 3.27. The molecule has 2 aliphatic rings. The van der Waals surface area contributed by atoms with E-state index in [0.717, 1.165) is 22.4 Å². The Balaban J connectivity index is 1.82. The number of urea groups is 1. The van der Waals surface area contributed by atoms with E-state index in [0.29, 0.717) is 13.1 Å². The lowest BCUT2D eigenvalue weighted by atomic mass is 10.0. The fourth-order valence-corrected chi connectivity index (χ4v) is 6.13. The first-order chi connectivity index (χ1) is 14.2. The van der Waals surface area contributed by atoms with Crippen molar-refractivity contribution in [1.29, 1.82) is 0 Å². The number of fused-ring (bicyclic) bond motifs is 2. The molecule has 2 heterocycles. The van der Waals surface area contributed by atoms with Crippen LogP contribution in [0.2, 0.25) is 0 Å². The molecule has 1 fully saturated rings. The molecule has 0 bridgehead atoms. The highest BCUT2D eigenvalue weighted by Gasteiger charge is 2.63. The number of para-hydroxylation sites is 1. The average Bonchev–Trinajstić information content (AvgIpc) is 3.10. The van der Waals surface area contributed by atoms with Gasteiger partial charge in [-0.2, -0.15) is 0 Å². The third-order valence-corrected chi connectivity index (χ3v) is 7.28. The second-order valence-electron chi connectivity index (χ2n) is 9.03. The van der Waals surface area contributed by atoms with Crippen molar-refractivity contribution in [3.8, 4) is 0 Å². The summed E-state index contributed by atoms with van der Waals surface area (Å²) < 4.78 is -0.240. The van der Waals surface area contributed by atoms with Crippen molar-refractivity contribution in [1.82, 2.24) is 10.2 Å². The van der Waals surface area contributed by atoms with Crippen LogP contribution in [0.15, 0.2) is 48.5 Å². The molecule has 6 heteroatoms. The Morgan fingerprint density at radius 1 is 1.13 bits per heavy atom. The van der Waals surface area contributed by atoms with Gasteiger partial charge < -0.3 is 10.2 Å². The minimum absolute atomic E-state index is 0.00178. The zero-order valence-corrected chi connectivity index (χ0v) is 19.0. The zero-order chi connectivity index (χ0) is 21.7. The summed E-state index contributed by atoms with van der Waals surface area (Å²) in [4.78, 5) is 29.8. The molecule has 1 spiro atoms. The quantitative estimate of drug-likeness (QED) is 0.782. The van der Waals surface area contributed by atoms with E-state index in [1.165, 1.54) is 0 Å². The Hall–Kier alpha value is -2.47. The second-order valence-corrected chi connectivity index (χ2v) is 10.9. The molecule has 0 aliphatic carbocycles. The first-order valence-electron chi connectivity index (χ1n) is 10.4. The van der Waals surface area contributed by atoms with Crippen molar-refractivity contribution in [2.75, 3.05) is 11.4 Å². The van der Waals surface area contributed by atoms with Crippen molar-refractivity contribution in [3.05, 3.63) is 65.2 Å². The van der Waals surface area contributed by atoms with E-state index in [2.05, 4.69) is 38.2 Å². The molecule has 2 aromatic rings. The first-order valence-corrected chi connectivity index (χ1v) is 11.2. The van der Waals surface area contributed by atoms with Crippen molar-refractivity contribution < 1.29 is 9.59 Å². The topological polar surface area (TPSA) is 52.7 Å². The third-order valence-electron chi connectivity index (χ3n) is 5.68. The number of anilines is 1. The molecule has 4 rings (SSSR count). The van der Waals surface area contributed by atoms with Crippen LogP contribution in [0.25, 0.3) is 0 Å². The van der Waals surface area contributed by atoms with Gasteiger partial charge in [-0.1, -0.05) is 42.5 Å². The number of benzene rings is 2. The van der Waals surface area contributed by atoms with E-state index >= 15 is 0 Å². The van der Waals surface area contributed by atoms with Crippen LogP contribution >= 0.6 is 11.8 Å². The van der Waals surface area contributed by atoms with Crippen LogP contribution in [0.1, 0.15) is 44.4 Å². The van der Waals surface area contributed by atoms with E-state index in [4.69, 9.17) is 0 Å². The fraction of sp³-hybridized carbons (Fsp3) is 0.417. The number of carbonyl (C=O) groups is 2. The van der Waals surface area contributed by atoms with E-state index in [1.54, 1.807) is 16.7 Å². The van der Waals surface area contributed by atoms with Crippen LogP contribution in [-0.4, -0.2) is 34.2 Å². The van der Waals surface area contributed by atoms with Gasteiger partial charge in [0.1, 0.15) is 0 Å². The number of thioether (sulfide) groups is 1. The Morgan fingerprint density at radius 2 is 1.80 bits per heavy atom. The van der Waals surface area contributed by atoms with E-state index in [-0.39, 0.29) is 22.7 Å². The van der Waals surface area contributed by atoms with Gasteiger partial charge in [-0.05, 0) is 51.8 Å². The maximum absolute atomic E-state index is 14.1. The summed E-state index contributed by atoms with van der Waals surface area (Å²) in [5.41, 5.74) is 4.05. The Labute approximate surface area is 182 Å². The van der Waals surface area contributed by atoms with Gasteiger partial charge in [-0.15, -0.1) is 11.8 Å². The number of hydrogen-bond acceptors (Lipinski definition) is 3. The molecule has 5 nitrogen and oxygen atoms in total. The molecule has 0 unspecified atom stereocenters. The van der Waals surface area contributed by atoms with Gasteiger partial charge in [0.25, 0.3) is 5.91 Å². The van der Waals surface area contributed by atoms with Crippen LogP contribution in [0.3, 0.4) is 0 Å². The van der Waals surface area contributed by atoms with E-state index in [9.17, 15) is 9.59 Å². The van der Waals surface area contributed by atoms with Crippen LogP contribution in [0.4, 0.5) is 10.5 Å². The monoisotopic (exact) mass is 423 g/mol. The SMILES string of the molecule is Cc1ccccc1CN1C(=O)[C@]2(SC(C)(C)CN2C(=O)NC(C)C)c2ccccc21. The van der Waals surface area contributed by atoms with Crippen LogP contribution in [0, 0.1) is 6.92 Å². The number of amides is 3. The fourth-order valence-electron chi connectivity index (χ4n) is 4.40. The van der Waals surface area contributed by atoms with Crippen LogP contribution < -0.4 is 10.2 Å². The van der Waals surface area contributed by atoms with Gasteiger partial charge in [-0.25, -0.2) is 4.79 Å². The molecule has 0 radical (unpaired) electrons. The Kier molecular flexibility index (Phi) is 5.09. The van der Waals surface area contributed by atoms with Crippen molar-refractivity contribution >= 4 is 29.4 Å². The predicted molar refractivity (Wildman–Crippen MR) is 123 cm³/mol. The van der Waals surface area contributed by atoms with Crippen LogP contribution in [0.5, 0.6) is 0 Å². The molecule has 2 aromatic carbocycles. The highest BCUT2D eigenvalue weighted by molar-refractivity contribution is 8.02. The molecule has 3 amide bonds. The summed E-state index contributed by atoms with van der Waals surface area (Å²) >= 11 is 1.58.